The third-order valence-electron chi connectivity index (χ3n) is 5.30. The number of aromatic nitrogens is 2. The Balaban J connectivity index is 1.45. The van der Waals surface area contributed by atoms with Crippen molar-refractivity contribution in [2.45, 2.75) is 11.3 Å². The Morgan fingerprint density at radius 3 is 2.27 bits per heavy atom. The molecule has 0 saturated carbocycles. The highest BCUT2D eigenvalue weighted by Crippen LogP contribution is 2.21. The van der Waals surface area contributed by atoms with Crippen LogP contribution in [0.1, 0.15) is 16.8 Å². The maximum Gasteiger partial charge on any atom is 0.253 e. The van der Waals surface area contributed by atoms with E-state index in [1.807, 2.05) is 54.6 Å². The maximum atomic E-state index is 13.0. The second kappa shape index (κ2) is 8.41. The average molecular weight is 425 g/mol. The number of carbonyl (C=O) groups excluding carboxylic acids is 1. The van der Waals surface area contributed by atoms with E-state index in [0.29, 0.717) is 31.6 Å². The van der Waals surface area contributed by atoms with Crippen molar-refractivity contribution in [2.24, 2.45) is 7.05 Å². The monoisotopic (exact) mass is 424 g/mol. The van der Waals surface area contributed by atoms with Crippen LogP contribution >= 0.6 is 0 Å². The normalized spacial score (nSPS) is 15.7. The number of sulfonamides is 1. The van der Waals surface area contributed by atoms with Gasteiger partial charge in [-0.1, -0.05) is 42.5 Å². The van der Waals surface area contributed by atoms with Crippen LogP contribution < -0.4 is 0 Å². The fraction of sp³-hybridized carbons (Fsp3) is 0.273. The van der Waals surface area contributed by atoms with E-state index < -0.39 is 10.0 Å². The summed E-state index contributed by atoms with van der Waals surface area (Å²) in [4.78, 5) is 14.9. The van der Waals surface area contributed by atoms with Crippen molar-refractivity contribution in [3.8, 4) is 11.1 Å². The number of hydrogen-bond donors (Lipinski definition) is 0. The Morgan fingerprint density at radius 1 is 0.900 bits per heavy atom. The predicted octanol–water partition coefficient (Wildman–Crippen LogP) is 2.62. The van der Waals surface area contributed by atoms with E-state index in [4.69, 9.17) is 0 Å². The second-order valence-corrected chi connectivity index (χ2v) is 9.28. The fourth-order valence-electron chi connectivity index (χ4n) is 3.64. The Labute approximate surface area is 176 Å². The molecule has 1 aromatic heterocycles. The van der Waals surface area contributed by atoms with Gasteiger partial charge in [0.15, 0.2) is 0 Å². The van der Waals surface area contributed by atoms with Gasteiger partial charge < -0.3 is 4.90 Å². The third-order valence-corrected chi connectivity index (χ3v) is 7.15. The lowest BCUT2D eigenvalue weighted by atomic mass is 10.0. The van der Waals surface area contributed by atoms with Gasteiger partial charge in [0.25, 0.3) is 5.91 Å². The summed E-state index contributed by atoms with van der Waals surface area (Å²) in [5.74, 6) is -0.0739. The number of aryl methyl sites for hydroxylation is 1. The second-order valence-electron chi connectivity index (χ2n) is 7.34. The van der Waals surface area contributed by atoms with E-state index in [1.54, 1.807) is 11.9 Å². The quantitative estimate of drug-likeness (QED) is 0.645. The van der Waals surface area contributed by atoms with Crippen LogP contribution in [-0.4, -0.2) is 59.5 Å². The lowest BCUT2D eigenvalue weighted by Gasteiger charge is -2.21. The van der Waals surface area contributed by atoms with E-state index in [2.05, 4.69) is 5.10 Å². The van der Waals surface area contributed by atoms with Gasteiger partial charge >= 0.3 is 0 Å². The number of nitrogens with zero attached hydrogens (tertiary/aromatic N) is 4. The van der Waals surface area contributed by atoms with Crippen molar-refractivity contribution >= 4 is 15.9 Å². The summed E-state index contributed by atoms with van der Waals surface area (Å²) in [6, 6.07) is 17.6. The first-order valence-electron chi connectivity index (χ1n) is 9.89. The molecule has 0 N–H and O–H groups in total. The van der Waals surface area contributed by atoms with Gasteiger partial charge in [-0.3, -0.25) is 9.48 Å². The van der Waals surface area contributed by atoms with Crippen molar-refractivity contribution in [1.82, 2.24) is 19.0 Å². The molecule has 1 amide bonds. The van der Waals surface area contributed by atoms with E-state index in [9.17, 15) is 13.2 Å². The topological polar surface area (TPSA) is 75.5 Å². The minimum Gasteiger partial charge on any atom is -0.337 e. The van der Waals surface area contributed by atoms with E-state index in [-0.39, 0.29) is 17.3 Å². The molecule has 4 rings (SSSR count). The highest BCUT2D eigenvalue weighted by Gasteiger charge is 2.29. The molecule has 1 aliphatic rings. The minimum absolute atomic E-state index is 0.0739. The molecule has 156 valence electrons. The highest BCUT2D eigenvalue weighted by molar-refractivity contribution is 7.89. The molecule has 2 heterocycles. The SMILES string of the molecule is Cn1cc(S(=O)(=O)N2CCCN(C(=O)c3ccc(-c4ccccc4)cc3)CC2)cn1. The Bertz CT molecular complexity index is 1120. The van der Waals surface area contributed by atoms with Crippen LogP contribution in [0.25, 0.3) is 11.1 Å². The first-order chi connectivity index (χ1) is 14.4. The molecule has 0 atom stereocenters. The lowest BCUT2D eigenvalue weighted by molar-refractivity contribution is 0.0764. The van der Waals surface area contributed by atoms with Crippen molar-refractivity contribution < 1.29 is 13.2 Å². The summed E-state index contributed by atoms with van der Waals surface area (Å²) in [5, 5.41) is 3.96. The van der Waals surface area contributed by atoms with Crippen LogP contribution in [0, 0.1) is 0 Å². The Kier molecular flexibility index (Phi) is 5.69. The number of benzene rings is 2. The molecule has 1 aliphatic heterocycles. The summed E-state index contributed by atoms with van der Waals surface area (Å²) in [6.07, 6.45) is 3.45. The van der Waals surface area contributed by atoms with Crippen LogP contribution in [0.4, 0.5) is 0 Å². The van der Waals surface area contributed by atoms with Gasteiger partial charge in [0.2, 0.25) is 10.0 Å². The fourth-order valence-corrected chi connectivity index (χ4v) is 5.09. The van der Waals surface area contributed by atoms with Crippen molar-refractivity contribution in [1.29, 1.82) is 0 Å². The van der Waals surface area contributed by atoms with Gasteiger partial charge in [-0.15, -0.1) is 0 Å². The molecule has 0 aliphatic carbocycles. The van der Waals surface area contributed by atoms with Crippen LogP contribution in [0.2, 0.25) is 0 Å². The summed E-state index contributed by atoms with van der Waals surface area (Å²) in [6.45, 7) is 1.54. The third kappa shape index (κ3) is 4.15. The molecule has 7 nitrogen and oxygen atoms in total. The van der Waals surface area contributed by atoms with Gasteiger partial charge in [-0.2, -0.15) is 9.40 Å². The average Bonchev–Trinajstić information content (AvgIpc) is 3.06. The predicted molar refractivity (Wildman–Crippen MR) is 114 cm³/mol. The molecule has 1 saturated heterocycles. The molecule has 0 radical (unpaired) electrons. The van der Waals surface area contributed by atoms with Gasteiger partial charge in [0.1, 0.15) is 4.90 Å². The number of hydrogen-bond acceptors (Lipinski definition) is 4. The number of amides is 1. The largest absolute Gasteiger partial charge is 0.337 e. The molecule has 8 heteroatoms. The minimum atomic E-state index is -3.60. The standard InChI is InChI=1S/C22H24N4O3S/c1-24-17-21(16-23-24)30(28,29)26-13-5-12-25(14-15-26)22(27)20-10-8-19(9-11-20)18-6-3-2-4-7-18/h2-4,6-11,16-17H,5,12-15H2,1H3. The molecule has 2 aromatic carbocycles. The Morgan fingerprint density at radius 2 is 1.60 bits per heavy atom. The molecule has 0 spiro atoms. The lowest BCUT2D eigenvalue weighted by Crippen LogP contribution is -2.37. The van der Waals surface area contributed by atoms with Crippen LogP contribution in [-0.2, 0) is 17.1 Å². The molecule has 30 heavy (non-hydrogen) atoms. The van der Waals surface area contributed by atoms with Crippen molar-refractivity contribution in [2.75, 3.05) is 26.2 Å². The first kappa shape index (κ1) is 20.3. The summed E-state index contributed by atoms with van der Waals surface area (Å²) in [5.41, 5.74) is 2.76. The molecule has 1 fully saturated rings. The van der Waals surface area contributed by atoms with Crippen LogP contribution in [0.3, 0.4) is 0 Å². The summed E-state index contributed by atoms with van der Waals surface area (Å²) >= 11 is 0. The van der Waals surface area contributed by atoms with Crippen LogP contribution in [0.5, 0.6) is 0 Å². The van der Waals surface area contributed by atoms with Crippen molar-refractivity contribution in [3.05, 3.63) is 72.6 Å². The zero-order chi connectivity index (χ0) is 21.1. The van der Waals surface area contributed by atoms with Gasteiger partial charge in [0.05, 0.1) is 6.20 Å². The molecular weight excluding hydrogens is 400 g/mol. The number of rotatable bonds is 4. The van der Waals surface area contributed by atoms with E-state index >= 15 is 0 Å². The zero-order valence-electron chi connectivity index (χ0n) is 16.8. The smallest absolute Gasteiger partial charge is 0.253 e. The maximum absolute atomic E-state index is 13.0. The van der Waals surface area contributed by atoms with Gasteiger partial charge in [-0.05, 0) is 29.7 Å². The Hall–Kier alpha value is -2.97. The number of carbonyl (C=O) groups is 1. The molecular formula is C22H24N4O3S. The highest BCUT2D eigenvalue weighted by atomic mass is 32.2. The van der Waals surface area contributed by atoms with Gasteiger partial charge in [0, 0.05) is 45.0 Å². The van der Waals surface area contributed by atoms with E-state index in [1.165, 1.54) is 21.4 Å². The summed E-state index contributed by atoms with van der Waals surface area (Å²) in [7, 11) is -1.92. The molecule has 0 bridgehead atoms. The summed E-state index contributed by atoms with van der Waals surface area (Å²) < 4.78 is 28.6. The van der Waals surface area contributed by atoms with Crippen LogP contribution in [0.15, 0.2) is 71.9 Å². The van der Waals surface area contributed by atoms with Gasteiger partial charge in [-0.25, -0.2) is 8.42 Å². The molecule has 3 aromatic rings. The van der Waals surface area contributed by atoms with Crippen molar-refractivity contribution in [3.63, 3.8) is 0 Å². The molecule has 0 unspecified atom stereocenters. The van der Waals surface area contributed by atoms with E-state index in [0.717, 1.165) is 11.1 Å². The first-order valence-corrected chi connectivity index (χ1v) is 11.3. The zero-order valence-corrected chi connectivity index (χ0v) is 17.6.